The highest BCUT2D eigenvalue weighted by Crippen LogP contribution is 2.35. The Labute approximate surface area is 117 Å². The molecule has 3 aromatic rings. The van der Waals surface area contributed by atoms with Gasteiger partial charge in [0.25, 0.3) is 0 Å². The van der Waals surface area contributed by atoms with Crippen LogP contribution in [-0.2, 0) is 6.42 Å². The molecule has 3 rings (SSSR count). The van der Waals surface area contributed by atoms with Crippen LogP contribution in [0.4, 0.5) is 5.82 Å². The fourth-order valence-corrected chi connectivity index (χ4v) is 2.15. The quantitative estimate of drug-likeness (QED) is 0.786. The fourth-order valence-electron chi connectivity index (χ4n) is 2.15. The highest BCUT2D eigenvalue weighted by molar-refractivity contribution is 5.84. The lowest BCUT2D eigenvalue weighted by Crippen LogP contribution is -1.90. The van der Waals surface area contributed by atoms with Crippen molar-refractivity contribution in [3.63, 3.8) is 0 Å². The van der Waals surface area contributed by atoms with E-state index in [0.717, 1.165) is 23.2 Å². The van der Waals surface area contributed by atoms with Crippen LogP contribution in [0.1, 0.15) is 12.5 Å². The monoisotopic (exact) mass is 265 g/mol. The zero-order valence-electron chi connectivity index (χ0n) is 11.2. The SMILES string of the molecule is CCc1ccc(-c2onc(N)c2-c2ccccn2)cc1. The van der Waals surface area contributed by atoms with Crippen molar-refractivity contribution >= 4 is 5.82 Å². The Kier molecular flexibility index (Phi) is 3.21. The Morgan fingerprint density at radius 3 is 2.55 bits per heavy atom. The Bertz CT molecular complexity index is 702. The van der Waals surface area contributed by atoms with Gasteiger partial charge in [-0.15, -0.1) is 0 Å². The molecule has 0 spiro atoms. The van der Waals surface area contributed by atoms with Crippen molar-refractivity contribution in [2.75, 3.05) is 5.73 Å². The second-order valence-corrected chi connectivity index (χ2v) is 4.54. The third kappa shape index (κ3) is 2.16. The minimum Gasteiger partial charge on any atom is -0.380 e. The van der Waals surface area contributed by atoms with Gasteiger partial charge in [-0.25, -0.2) is 0 Å². The molecule has 0 amide bonds. The first-order chi connectivity index (χ1) is 9.79. The molecular weight excluding hydrogens is 250 g/mol. The Morgan fingerprint density at radius 1 is 1.10 bits per heavy atom. The van der Waals surface area contributed by atoms with Crippen LogP contribution in [0.25, 0.3) is 22.6 Å². The summed E-state index contributed by atoms with van der Waals surface area (Å²) in [6.07, 6.45) is 2.73. The zero-order valence-corrected chi connectivity index (χ0v) is 11.2. The number of nitrogen functional groups attached to an aromatic ring is 1. The van der Waals surface area contributed by atoms with Crippen molar-refractivity contribution in [2.45, 2.75) is 13.3 Å². The molecule has 2 N–H and O–H groups in total. The van der Waals surface area contributed by atoms with Crippen molar-refractivity contribution in [1.82, 2.24) is 10.1 Å². The van der Waals surface area contributed by atoms with Crippen LogP contribution in [0.5, 0.6) is 0 Å². The number of nitrogens with two attached hydrogens (primary N) is 1. The maximum Gasteiger partial charge on any atom is 0.178 e. The summed E-state index contributed by atoms with van der Waals surface area (Å²) < 4.78 is 5.39. The van der Waals surface area contributed by atoms with E-state index in [2.05, 4.69) is 29.2 Å². The van der Waals surface area contributed by atoms with Crippen LogP contribution in [0.2, 0.25) is 0 Å². The van der Waals surface area contributed by atoms with Gasteiger partial charge in [0, 0.05) is 11.8 Å². The summed E-state index contributed by atoms with van der Waals surface area (Å²) in [6, 6.07) is 13.9. The number of nitrogens with zero attached hydrogens (tertiary/aromatic N) is 2. The number of aromatic nitrogens is 2. The Balaban J connectivity index is 2.11. The summed E-state index contributed by atoms with van der Waals surface area (Å²) >= 11 is 0. The van der Waals surface area contributed by atoms with E-state index in [0.29, 0.717) is 11.6 Å². The van der Waals surface area contributed by atoms with Gasteiger partial charge in [-0.1, -0.05) is 42.4 Å². The van der Waals surface area contributed by atoms with E-state index in [1.54, 1.807) is 6.20 Å². The van der Waals surface area contributed by atoms with Crippen LogP contribution in [0.3, 0.4) is 0 Å². The Hall–Kier alpha value is -2.62. The molecule has 0 saturated carbocycles. The smallest absolute Gasteiger partial charge is 0.178 e. The minimum atomic E-state index is 0.360. The molecule has 2 aromatic heterocycles. The van der Waals surface area contributed by atoms with Crippen LogP contribution in [-0.4, -0.2) is 10.1 Å². The lowest BCUT2D eigenvalue weighted by atomic mass is 10.0. The second-order valence-electron chi connectivity index (χ2n) is 4.54. The molecule has 0 aliphatic carbocycles. The van der Waals surface area contributed by atoms with E-state index in [-0.39, 0.29) is 0 Å². The van der Waals surface area contributed by atoms with Crippen molar-refractivity contribution in [3.8, 4) is 22.6 Å². The van der Waals surface area contributed by atoms with Gasteiger partial charge in [-0.3, -0.25) is 4.98 Å². The standard InChI is InChI=1S/C16H15N3O/c1-2-11-6-8-12(9-7-11)15-14(16(17)19-20-15)13-5-3-4-10-18-13/h3-10H,2H2,1H3,(H2,17,19). The molecule has 0 saturated heterocycles. The van der Waals surface area contributed by atoms with E-state index in [1.807, 2.05) is 30.3 Å². The van der Waals surface area contributed by atoms with Crippen LogP contribution in [0.15, 0.2) is 53.2 Å². The Morgan fingerprint density at radius 2 is 1.90 bits per heavy atom. The number of hydrogen-bond acceptors (Lipinski definition) is 4. The number of benzene rings is 1. The van der Waals surface area contributed by atoms with Gasteiger partial charge in [0.1, 0.15) is 0 Å². The first kappa shape index (κ1) is 12.4. The third-order valence-corrected chi connectivity index (χ3v) is 3.26. The first-order valence-electron chi connectivity index (χ1n) is 6.55. The van der Waals surface area contributed by atoms with Gasteiger partial charge < -0.3 is 10.3 Å². The van der Waals surface area contributed by atoms with E-state index >= 15 is 0 Å². The largest absolute Gasteiger partial charge is 0.380 e. The molecule has 0 aliphatic rings. The second kappa shape index (κ2) is 5.17. The fraction of sp³-hybridized carbons (Fsp3) is 0.125. The average Bonchev–Trinajstić information content (AvgIpc) is 2.90. The van der Waals surface area contributed by atoms with Gasteiger partial charge in [0.2, 0.25) is 0 Å². The van der Waals surface area contributed by atoms with Crippen molar-refractivity contribution in [1.29, 1.82) is 0 Å². The van der Waals surface area contributed by atoms with E-state index in [9.17, 15) is 0 Å². The number of anilines is 1. The lowest BCUT2D eigenvalue weighted by Gasteiger charge is -2.03. The summed E-state index contributed by atoms with van der Waals surface area (Å²) in [5.41, 5.74) is 9.66. The van der Waals surface area contributed by atoms with Gasteiger partial charge >= 0.3 is 0 Å². The van der Waals surface area contributed by atoms with Crippen molar-refractivity contribution in [2.24, 2.45) is 0 Å². The number of aryl methyl sites for hydroxylation is 1. The molecule has 0 aliphatic heterocycles. The average molecular weight is 265 g/mol. The van der Waals surface area contributed by atoms with Crippen molar-refractivity contribution < 1.29 is 4.52 Å². The summed E-state index contributed by atoms with van der Waals surface area (Å²) in [4.78, 5) is 4.32. The molecule has 1 aromatic carbocycles. The molecule has 100 valence electrons. The first-order valence-corrected chi connectivity index (χ1v) is 6.55. The summed E-state index contributed by atoms with van der Waals surface area (Å²) in [5, 5.41) is 3.87. The molecule has 0 atom stereocenters. The topological polar surface area (TPSA) is 64.9 Å². The summed E-state index contributed by atoms with van der Waals surface area (Å²) in [7, 11) is 0. The van der Waals surface area contributed by atoms with Gasteiger partial charge in [0.15, 0.2) is 11.6 Å². The van der Waals surface area contributed by atoms with Gasteiger partial charge in [-0.05, 0) is 24.1 Å². The molecule has 0 fully saturated rings. The highest BCUT2D eigenvalue weighted by Gasteiger charge is 2.18. The molecule has 20 heavy (non-hydrogen) atoms. The highest BCUT2D eigenvalue weighted by atomic mass is 16.5. The molecule has 0 unspecified atom stereocenters. The van der Waals surface area contributed by atoms with E-state index in [1.165, 1.54) is 5.56 Å². The normalized spacial score (nSPS) is 10.7. The third-order valence-electron chi connectivity index (χ3n) is 3.26. The van der Waals surface area contributed by atoms with Crippen molar-refractivity contribution in [3.05, 3.63) is 54.2 Å². The molecular formula is C16H15N3O. The van der Waals surface area contributed by atoms with Crippen LogP contribution in [0, 0.1) is 0 Å². The number of pyridine rings is 1. The van der Waals surface area contributed by atoms with Crippen LogP contribution < -0.4 is 5.73 Å². The molecule has 4 heteroatoms. The molecule has 2 heterocycles. The van der Waals surface area contributed by atoms with Gasteiger partial charge in [-0.2, -0.15) is 0 Å². The maximum absolute atomic E-state index is 5.92. The predicted molar refractivity (Wildman–Crippen MR) is 79.0 cm³/mol. The lowest BCUT2D eigenvalue weighted by molar-refractivity contribution is 0.436. The summed E-state index contributed by atoms with van der Waals surface area (Å²) in [6.45, 7) is 2.13. The van der Waals surface area contributed by atoms with E-state index < -0.39 is 0 Å². The number of hydrogen-bond donors (Lipinski definition) is 1. The molecule has 4 nitrogen and oxygen atoms in total. The van der Waals surface area contributed by atoms with E-state index in [4.69, 9.17) is 10.3 Å². The molecule has 0 radical (unpaired) electrons. The van der Waals surface area contributed by atoms with Crippen LogP contribution >= 0.6 is 0 Å². The predicted octanol–water partition coefficient (Wildman–Crippen LogP) is 3.55. The molecule has 0 bridgehead atoms. The zero-order chi connectivity index (χ0) is 13.9. The summed E-state index contributed by atoms with van der Waals surface area (Å²) in [5.74, 6) is 1.02. The maximum atomic E-state index is 5.92. The minimum absolute atomic E-state index is 0.360. The number of rotatable bonds is 3. The van der Waals surface area contributed by atoms with Gasteiger partial charge in [0.05, 0.1) is 11.3 Å².